The van der Waals surface area contributed by atoms with Crippen LogP contribution < -0.4 is 0 Å². The van der Waals surface area contributed by atoms with Crippen molar-refractivity contribution in [3.05, 3.63) is 24.2 Å². The largest absolute Gasteiger partial charge is 0.468 e. The Morgan fingerprint density at radius 1 is 1.62 bits per heavy atom. The Kier molecular flexibility index (Phi) is 4.09. The van der Waals surface area contributed by atoms with Gasteiger partial charge >= 0.3 is 0 Å². The Bertz CT molecular complexity index is 252. The van der Waals surface area contributed by atoms with Crippen molar-refractivity contribution in [2.75, 3.05) is 5.75 Å². The van der Waals surface area contributed by atoms with Crippen molar-refractivity contribution in [1.29, 1.82) is 0 Å². The summed E-state index contributed by atoms with van der Waals surface area (Å²) >= 11 is 1.60. The molecule has 0 unspecified atom stereocenters. The number of Topliss-reactive ketones (excluding diaryl/α,β-unsaturated/α-hetero) is 1. The van der Waals surface area contributed by atoms with Crippen LogP contribution in [-0.2, 0) is 10.5 Å². The highest BCUT2D eigenvalue weighted by molar-refractivity contribution is 7.99. The zero-order chi connectivity index (χ0) is 9.68. The van der Waals surface area contributed by atoms with Crippen LogP contribution in [0.1, 0.15) is 19.6 Å². The molecular weight excluding hydrogens is 184 g/mol. The van der Waals surface area contributed by atoms with Gasteiger partial charge in [0.05, 0.1) is 17.8 Å². The Balaban J connectivity index is 2.18. The third-order valence-electron chi connectivity index (χ3n) is 1.71. The van der Waals surface area contributed by atoms with Crippen molar-refractivity contribution < 1.29 is 9.21 Å². The average molecular weight is 198 g/mol. The summed E-state index contributed by atoms with van der Waals surface area (Å²) in [7, 11) is 0. The van der Waals surface area contributed by atoms with Gasteiger partial charge in [-0.15, -0.1) is 11.8 Å². The molecule has 1 heterocycles. The Morgan fingerprint density at radius 2 is 2.38 bits per heavy atom. The van der Waals surface area contributed by atoms with E-state index in [2.05, 4.69) is 0 Å². The Morgan fingerprint density at radius 3 is 2.92 bits per heavy atom. The normalized spacial score (nSPS) is 10.7. The molecule has 13 heavy (non-hydrogen) atoms. The Labute approximate surface area is 82.7 Å². The van der Waals surface area contributed by atoms with Crippen LogP contribution in [0.3, 0.4) is 0 Å². The molecule has 0 aromatic carbocycles. The molecular formula is C10H14O2S. The molecule has 0 spiro atoms. The summed E-state index contributed by atoms with van der Waals surface area (Å²) in [6.07, 6.45) is 1.65. The second kappa shape index (κ2) is 5.12. The molecule has 1 rings (SSSR count). The van der Waals surface area contributed by atoms with E-state index in [0.29, 0.717) is 11.5 Å². The zero-order valence-electron chi connectivity index (χ0n) is 7.95. The molecule has 0 aliphatic rings. The van der Waals surface area contributed by atoms with Crippen LogP contribution in [0.5, 0.6) is 0 Å². The number of rotatable bonds is 5. The van der Waals surface area contributed by atoms with E-state index in [1.165, 1.54) is 0 Å². The van der Waals surface area contributed by atoms with Crippen LogP contribution in [0.25, 0.3) is 0 Å². The van der Waals surface area contributed by atoms with Gasteiger partial charge in [0, 0.05) is 5.92 Å². The first kappa shape index (κ1) is 10.4. The van der Waals surface area contributed by atoms with Gasteiger partial charge in [0.25, 0.3) is 0 Å². The molecule has 0 aliphatic heterocycles. The molecule has 0 N–H and O–H groups in total. The van der Waals surface area contributed by atoms with Crippen LogP contribution in [0.4, 0.5) is 0 Å². The number of thioether (sulfide) groups is 1. The van der Waals surface area contributed by atoms with Gasteiger partial charge in [-0.1, -0.05) is 13.8 Å². The highest BCUT2D eigenvalue weighted by atomic mass is 32.2. The van der Waals surface area contributed by atoms with Crippen molar-refractivity contribution in [2.45, 2.75) is 19.6 Å². The predicted molar refractivity (Wildman–Crippen MR) is 54.7 cm³/mol. The summed E-state index contributed by atoms with van der Waals surface area (Å²) in [5.41, 5.74) is 0. The van der Waals surface area contributed by atoms with Gasteiger partial charge in [-0.25, -0.2) is 0 Å². The van der Waals surface area contributed by atoms with Crippen molar-refractivity contribution in [3.8, 4) is 0 Å². The van der Waals surface area contributed by atoms with Crippen LogP contribution in [0.15, 0.2) is 22.8 Å². The maximum Gasteiger partial charge on any atom is 0.145 e. The van der Waals surface area contributed by atoms with E-state index in [0.717, 1.165) is 11.5 Å². The van der Waals surface area contributed by atoms with E-state index in [4.69, 9.17) is 4.42 Å². The first-order chi connectivity index (χ1) is 6.20. The highest BCUT2D eigenvalue weighted by Crippen LogP contribution is 2.13. The van der Waals surface area contributed by atoms with Gasteiger partial charge in [0.15, 0.2) is 0 Å². The number of carbonyl (C=O) groups is 1. The molecule has 2 nitrogen and oxygen atoms in total. The van der Waals surface area contributed by atoms with Gasteiger partial charge < -0.3 is 4.42 Å². The first-order valence-corrected chi connectivity index (χ1v) is 5.48. The van der Waals surface area contributed by atoms with E-state index in [-0.39, 0.29) is 5.92 Å². The molecule has 1 aromatic heterocycles. The van der Waals surface area contributed by atoms with Crippen molar-refractivity contribution >= 4 is 17.5 Å². The maximum absolute atomic E-state index is 11.2. The molecule has 0 atom stereocenters. The number of furan rings is 1. The lowest BCUT2D eigenvalue weighted by Crippen LogP contribution is -2.09. The molecule has 72 valence electrons. The molecule has 0 radical (unpaired) electrons. The van der Waals surface area contributed by atoms with Gasteiger partial charge in [0.1, 0.15) is 11.5 Å². The van der Waals surface area contributed by atoms with E-state index >= 15 is 0 Å². The lowest BCUT2D eigenvalue weighted by Gasteiger charge is -2.01. The molecule has 0 aliphatic carbocycles. The van der Waals surface area contributed by atoms with Crippen LogP contribution in [-0.4, -0.2) is 11.5 Å². The molecule has 0 amide bonds. The van der Waals surface area contributed by atoms with E-state index in [1.54, 1.807) is 18.0 Å². The van der Waals surface area contributed by atoms with Gasteiger partial charge in [-0.05, 0) is 12.1 Å². The predicted octanol–water partition coefficient (Wildman–Crippen LogP) is 2.74. The van der Waals surface area contributed by atoms with Crippen molar-refractivity contribution in [3.63, 3.8) is 0 Å². The second-order valence-electron chi connectivity index (χ2n) is 3.19. The fraction of sp³-hybridized carbons (Fsp3) is 0.500. The van der Waals surface area contributed by atoms with Crippen molar-refractivity contribution in [1.82, 2.24) is 0 Å². The third-order valence-corrected chi connectivity index (χ3v) is 2.69. The van der Waals surface area contributed by atoms with Gasteiger partial charge in [0.2, 0.25) is 0 Å². The average Bonchev–Trinajstić information content (AvgIpc) is 2.56. The maximum atomic E-state index is 11.2. The van der Waals surface area contributed by atoms with E-state index < -0.39 is 0 Å². The lowest BCUT2D eigenvalue weighted by atomic mass is 10.1. The number of carbonyl (C=O) groups excluding carboxylic acids is 1. The monoisotopic (exact) mass is 198 g/mol. The highest BCUT2D eigenvalue weighted by Gasteiger charge is 2.07. The minimum absolute atomic E-state index is 0.143. The van der Waals surface area contributed by atoms with Crippen LogP contribution in [0.2, 0.25) is 0 Å². The fourth-order valence-electron chi connectivity index (χ4n) is 0.814. The van der Waals surface area contributed by atoms with Gasteiger partial charge in [-0.3, -0.25) is 4.79 Å². The summed E-state index contributed by atoms with van der Waals surface area (Å²) in [4.78, 5) is 11.2. The number of hydrogen-bond donors (Lipinski definition) is 0. The second-order valence-corrected chi connectivity index (χ2v) is 4.18. The molecule has 1 aromatic rings. The standard InChI is InChI=1S/C10H14O2S/c1-8(2)10(11)7-13-6-9-4-3-5-12-9/h3-5,8H,6-7H2,1-2H3. The van der Waals surface area contributed by atoms with E-state index in [9.17, 15) is 4.79 Å². The summed E-state index contributed by atoms with van der Waals surface area (Å²) in [5.74, 6) is 2.74. The number of ketones is 1. The minimum atomic E-state index is 0.143. The molecule has 0 saturated carbocycles. The summed E-state index contributed by atoms with van der Waals surface area (Å²) in [6, 6.07) is 3.78. The molecule has 3 heteroatoms. The number of hydrogen-bond acceptors (Lipinski definition) is 3. The first-order valence-electron chi connectivity index (χ1n) is 4.33. The molecule has 0 fully saturated rings. The summed E-state index contributed by atoms with van der Waals surface area (Å²) in [5, 5.41) is 0. The summed E-state index contributed by atoms with van der Waals surface area (Å²) < 4.78 is 5.14. The topological polar surface area (TPSA) is 30.2 Å². The smallest absolute Gasteiger partial charge is 0.145 e. The van der Waals surface area contributed by atoms with Crippen LogP contribution in [0, 0.1) is 5.92 Å². The fourth-order valence-corrected chi connectivity index (χ4v) is 1.82. The molecule has 0 saturated heterocycles. The van der Waals surface area contributed by atoms with E-state index in [1.807, 2.05) is 26.0 Å². The Hall–Kier alpha value is -0.700. The van der Waals surface area contributed by atoms with Crippen LogP contribution >= 0.6 is 11.8 Å². The lowest BCUT2D eigenvalue weighted by molar-refractivity contribution is -0.119. The SMILES string of the molecule is CC(C)C(=O)CSCc1ccco1. The zero-order valence-corrected chi connectivity index (χ0v) is 8.76. The van der Waals surface area contributed by atoms with Crippen molar-refractivity contribution in [2.24, 2.45) is 5.92 Å². The third kappa shape index (κ3) is 3.68. The molecule has 0 bridgehead atoms. The van der Waals surface area contributed by atoms with Gasteiger partial charge in [-0.2, -0.15) is 0 Å². The quantitative estimate of drug-likeness (QED) is 0.728. The minimum Gasteiger partial charge on any atom is -0.468 e. The summed E-state index contributed by atoms with van der Waals surface area (Å²) in [6.45, 7) is 3.85.